The van der Waals surface area contributed by atoms with Crippen molar-refractivity contribution in [1.29, 1.82) is 0 Å². The van der Waals surface area contributed by atoms with E-state index >= 15 is 0 Å². The number of carboxylic acids is 1. The number of ether oxygens (including phenoxy) is 1. The maximum atomic E-state index is 10.9. The molecule has 2 aromatic rings. The predicted octanol–water partition coefficient (Wildman–Crippen LogP) is 4.10. The number of aromatic carboxylic acids is 1. The zero-order chi connectivity index (χ0) is 14.0. The first-order chi connectivity index (χ1) is 8.97. The highest BCUT2D eigenvalue weighted by atomic mass is 16.5. The zero-order valence-corrected chi connectivity index (χ0v) is 11.2. The fourth-order valence-corrected chi connectivity index (χ4v) is 1.83. The van der Waals surface area contributed by atoms with Crippen LogP contribution in [0, 0.1) is 20.8 Å². The molecule has 3 nitrogen and oxygen atoms in total. The molecule has 2 rings (SSSR count). The van der Waals surface area contributed by atoms with Crippen LogP contribution in [0.5, 0.6) is 11.5 Å². The number of aryl methyl sites for hydroxylation is 3. The van der Waals surface area contributed by atoms with Crippen LogP contribution in [-0.2, 0) is 0 Å². The summed E-state index contributed by atoms with van der Waals surface area (Å²) in [5.41, 5.74) is 3.25. The van der Waals surface area contributed by atoms with Gasteiger partial charge in [0.1, 0.15) is 11.5 Å². The minimum atomic E-state index is -0.929. The van der Waals surface area contributed by atoms with Gasteiger partial charge in [0, 0.05) is 0 Å². The average molecular weight is 256 g/mol. The molecule has 0 saturated carbocycles. The van der Waals surface area contributed by atoms with Crippen molar-refractivity contribution in [2.75, 3.05) is 0 Å². The Morgan fingerprint density at radius 1 is 0.947 bits per heavy atom. The van der Waals surface area contributed by atoms with E-state index in [2.05, 4.69) is 0 Å². The minimum Gasteiger partial charge on any atom is -0.478 e. The number of hydrogen-bond acceptors (Lipinski definition) is 2. The maximum absolute atomic E-state index is 10.9. The van der Waals surface area contributed by atoms with E-state index in [0.29, 0.717) is 5.75 Å². The van der Waals surface area contributed by atoms with E-state index in [-0.39, 0.29) is 5.56 Å². The van der Waals surface area contributed by atoms with Crippen molar-refractivity contribution in [3.63, 3.8) is 0 Å². The van der Waals surface area contributed by atoms with E-state index in [4.69, 9.17) is 9.84 Å². The summed E-state index contributed by atoms with van der Waals surface area (Å²) in [5.74, 6) is 0.547. The van der Waals surface area contributed by atoms with E-state index in [1.165, 1.54) is 0 Å². The first kappa shape index (κ1) is 13.1. The maximum Gasteiger partial charge on any atom is 0.335 e. The van der Waals surface area contributed by atoms with Crippen LogP contribution >= 0.6 is 0 Å². The molecule has 0 aliphatic carbocycles. The third-order valence-corrected chi connectivity index (χ3v) is 2.99. The van der Waals surface area contributed by atoms with Gasteiger partial charge in [-0.15, -0.1) is 0 Å². The van der Waals surface area contributed by atoms with Gasteiger partial charge in [-0.1, -0.05) is 12.1 Å². The lowest BCUT2D eigenvalue weighted by Gasteiger charge is -2.12. The molecule has 0 aliphatic rings. The van der Waals surface area contributed by atoms with Crippen molar-refractivity contribution in [1.82, 2.24) is 0 Å². The Morgan fingerprint density at radius 2 is 1.68 bits per heavy atom. The van der Waals surface area contributed by atoms with E-state index in [0.717, 1.165) is 22.4 Å². The van der Waals surface area contributed by atoms with Crippen LogP contribution in [0.15, 0.2) is 36.4 Å². The normalized spacial score (nSPS) is 10.3. The smallest absolute Gasteiger partial charge is 0.335 e. The first-order valence-electron chi connectivity index (χ1n) is 6.06. The fraction of sp³-hybridized carbons (Fsp3) is 0.188. The lowest BCUT2D eigenvalue weighted by molar-refractivity contribution is 0.0697. The zero-order valence-electron chi connectivity index (χ0n) is 11.2. The second-order valence-corrected chi connectivity index (χ2v) is 4.66. The van der Waals surface area contributed by atoms with Gasteiger partial charge in [0.15, 0.2) is 0 Å². The molecule has 0 bridgehead atoms. The molecule has 1 N–H and O–H groups in total. The molecule has 0 unspecified atom stereocenters. The van der Waals surface area contributed by atoms with Gasteiger partial charge in [0.25, 0.3) is 0 Å². The summed E-state index contributed by atoms with van der Waals surface area (Å²) in [7, 11) is 0. The summed E-state index contributed by atoms with van der Waals surface area (Å²) in [5, 5.41) is 8.93. The molecule has 0 aromatic heterocycles. The Balaban J connectivity index is 2.33. The summed E-state index contributed by atoms with van der Waals surface area (Å²) >= 11 is 0. The van der Waals surface area contributed by atoms with E-state index in [1.807, 2.05) is 39.0 Å². The van der Waals surface area contributed by atoms with Crippen molar-refractivity contribution < 1.29 is 14.6 Å². The molecule has 19 heavy (non-hydrogen) atoms. The van der Waals surface area contributed by atoms with Gasteiger partial charge in [-0.25, -0.2) is 4.79 Å². The average Bonchev–Trinajstić information content (AvgIpc) is 2.36. The lowest BCUT2D eigenvalue weighted by Crippen LogP contribution is -1.98. The largest absolute Gasteiger partial charge is 0.478 e. The molecule has 3 heteroatoms. The van der Waals surface area contributed by atoms with Gasteiger partial charge in [0.2, 0.25) is 0 Å². The van der Waals surface area contributed by atoms with E-state index in [9.17, 15) is 4.79 Å². The van der Waals surface area contributed by atoms with Crippen molar-refractivity contribution >= 4 is 5.97 Å². The molecule has 0 spiro atoms. The van der Waals surface area contributed by atoms with E-state index in [1.54, 1.807) is 18.2 Å². The monoisotopic (exact) mass is 256 g/mol. The van der Waals surface area contributed by atoms with Crippen LogP contribution in [0.25, 0.3) is 0 Å². The van der Waals surface area contributed by atoms with Crippen LogP contribution in [-0.4, -0.2) is 11.1 Å². The number of carbonyl (C=O) groups is 1. The molecule has 0 amide bonds. The highest BCUT2D eigenvalue weighted by molar-refractivity contribution is 5.88. The molecule has 0 heterocycles. The molecular weight excluding hydrogens is 240 g/mol. The van der Waals surface area contributed by atoms with E-state index < -0.39 is 5.97 Å². The quantitative estimate of drug-likeness (QED) is 0.899. The van der Waals surface area contributed by atoms with Crippen molar-refractivity contribution in [3.8, 4) is 11.5 Å². The molecule has 0 atom stereocenters. The number of rotatable bonds is 3. The van der Waals surface area contributed by atoms with Gasteiger partial charge in [0.05, 0.1) is 5.56 Å². The van der Waals surface area contributed by atoms with Crippen molar-refractivity contribution in [2.45, 2.75) is 20.8 Å². The molecular formula is C16H16O3. The Bertz CT molecular complexity index is 630. The molecule has 2 aromatic carbocycles. The second-order valence-electron chi connectivity index (χ2n) is 4.66. The number of carboxylic acid groups (broad SMARTS) is 1. The highest BCUT2D eigenvalue weighted by Gasteiger charge is 2.08. The van der Waals surface area contributed by atoms with Crippen LogP contribution in [0.1, 0.15) is 27.0 Å². The minimum absolute atomic E-state index is 0.269. The molecule has 0 fully saturated rings. The lowest BCUT2D eigenvalue weighted by atomic mass is 10.1. The Morgan fingerprint density at radius 3 is 2.32 bits per heavy atom. The topological polar surface area (TPSA) is 46.5 Å². The molecule has 0 aliphatic heterocycles. The Kier molecular flexibility index (Phi) is 3.56. The summed E-state index contributed by atoms with van der Waals surface area (Å²) < 4.78 is 5.86. The second kappa shape index (κ2) is 5.14. The summed E-state index contributed by atoms with van der Waals surface area (Å²) in [6, 6.07) is 10.9. The van der Waals surface area contributed by atoms with Gasteiger partial charge in [-0.3, -0.25) is 0 Å². The first-order valence-corrected chi connectivity index (χ1v) is 6.06. The summed E-state index contributed by atoms with van der Waals surface area (Å²) in [6.45, 7) is 5.83. The van der Waals surface area contributed by atoms with Crippen LogP contribution in [0.4, 0.5) is 0 Å². The van der Waals surface area contributed by atoms with Gasteiger partial charge < -0.3 is 9.84 Å². The van der Waals surface area contributed by atoms with Gasteiger partial charge in [-0.05, 0) is 61.7 Å². The fourth-order valence-electron chi connectivity index (χ4n) is 1.83. The third-order valence-electron chi connectivity index (χ3n) is 2.99. The number of benzene rings is 2. The summed E-state index contributed by atoms with van der Waals surface area (Å²) in [6.07, 6.45) is 0. The van der Waals surface area contributed by atoms with Crippen LogP contribution in [0.2, 0.25) is 0 Å². The standard InChI is InChI=1S/C16H16O3/c1-10-4-5-11(2)15(8-10)19-14-7-6-13(16(17)18)9-12(14)3/h4-9H,1-3H3,(H,17,18). The number of hydrogen-bond donors (Lipinski definition) is 1. The third kappa shape index (κ3) is 2.94. The highest BCUT2D eigenvalue weighted by Crippen LogP contribution is 2.28. The SMILES string of the molecule is Cc1ccc(C)c(Oc2ccc(C(=O)O)cc2C)c1. The Hall–Kier alpha value is -2.29. The molecule has 0 radical (unpaired) electrons. The van der Waals surface area contributed by atoms with Crippen molar-refractivity contribution in [2.24, 2.45) is 0 Å². The van der Waals surface area contributed by atoms with Crippen LogP contribution < -0.4 is 4.74 Å². The van der Waals surface area contributed by atoms with Gasteiger partial charge in [-0.2, -0.15) is 0 Å². The molecule has 98 valence electrons. The predicted molar refractivity (Wildman–Crippen MR) is 74.1 cm³/mol. The summed E-state index contributed by atoms with van der Waals surface area (Å²) in [4.78, 5) is 10.9. The Labute approximate surface area is 112 Å². The van der Waals surface area contributed by atoms with Crippen LogP contribution in [0.3, 0.4) is 0 Å². The molecule has 0 saturated heterocycles. The van der Waals surface area contributed by atoms with Gasteiger partial charge >= 0.3 is 5.97 Å². The van der Waals surface area contributed by atoms with Crippen molar-refractivity contribution in [3.05, 3.63) is 58.7 Å².